The summed E-state index contributed by atoms with van der Waals surface area (Å²) in [6, 6.07) is 11.1. The van der Waals surface area contributed by atoms with Gasteiger partial charge in [-0.05, 0) is 43.2 Å². The van der Waals surface area contributed by atoms with Crippen LogP contribution in [0.25, 0.3) is 22.4 Å². The SMILES string of the molecule is COc1ccccc1-c1nc(Cn2c(=O)c3cc(OC(CF)CF)ccc3n(C3CCN(C=O)CC3)c2=O)no1. The maximum atomic E-state index is 13.8. The van der Waals surface area contributed by atoms with Gasteiger partial charge in [0.05, 0.1) is 30.1 Å². The molecule has 40 heavy (non-hydrogen) atoms. The second kappa shape index (κ2) is 11.7. The molecule has 0 radical (unpaired) electrons. The molecule has 1 aliphatic rings. The van der Waals surface area contributed by atoms with Crippen LogP contribution in [-0.4, -0.2) is 70.2 Å². The molecule has 1 saturated heterocycles. The number of nitrogens with zero attached hydrogens (tertiary/aromatic N) is 5. The minimum atomic E-state index is -1.31. The van der Waals surface area contributed by atoms with Gasteiger partial charge in [-0.25, -0.2) is 13.6 Å². The number of methoxy groups -OCH3 is 1. The monoisotopic (exact) mass is 555 g/mol. The lowest BCUT2D eigenvalue weighted by Gasteiger charge is -2.31. The van der Waals surface area contributed by atoms with Crippen LogP contribution in [0.4, 0.5) is 8.78 Å². The molecule has 2 aromatic heterocycles. The molecule has 1 fully saturated rings. The van der Waals surface area contributed by atoms with Crippen LogP contribution in [-0.2, 0) is 11.3 Å². The zero-order valence-corrected chi connectivity index (χ0v) is 21.7. The van der Waals surface area contributed by atoms with Gasteiger partial charge in [-0.15, -0.1) is 0 Å². The van der Waals surface area contributed by atoms with Crippen molar-refractivity contribution < 1.29 is 27.6 Å². The van der Waals surface area contributed by atoms with Crippen molar-refractivity contribution in [1.29, 1.82) is 0 Å². The number of amides is 1. The van der Waals surface area contributed by atoms with E-state index in [2.05, 4.69) is 10.1 Å². The minimum Gasteiger partial charge on any atom is -0.496 e. The molecule has 3 heterocycles. The first kappa shape index (κ1) is 27.0. The van der Waals surface area contributed by atoms with Gasteiger partial charge in [0.25, 0.3) is 11.4 Å². The number of benzene rings is 2. The number of carbonyl (C=O) groups excluding carboxylic acids is 1. The summed E-state index contributed by atoms with van der Waals surface area (Å²) in [7, 11) is 1.51. The van der Waals surface area contributed by atoms with E-state index in [1.807, 2.05) is 0 Å². The summed E-state index contributed by atoms with van der Waals surface area (Å²) in [5.74, 6) is 0.846. The standard InChI is InChI=1S/C27H27F2N5O6/c1-38-23-5-3-2-4-20(23)25-30-24(31-40-25)15-33-26(36)21-12-18(39-19(13-28)14-29)6-7-22(21)34(27(33)37)17-8-10-32(16-35)11-9-17/h2-7,12,16-17,19H,8-11,13-15H2,1H3. The molecule has 5 rings (SSSR count). The van der Waals surface area contributed by atoms with E-state index in [4.69, 9.17) is 14.0 Å². The number of piperidine rings is 1. The van der Waals surface area contributed by atoms with Crippen molar-refractivity contribution >= 4 is 17.3 Å². The zero-order valence-electron chi connectivity index (χ0n) is 21.7. The quantitative estimate of drug-likeness (QED) is 0.274. The highest BCUT2D eigenvalue weighted by Gasteiger charge is 2.26. The average Bonchev–Trinajstić information content (AvgIpc) is 3.47. The van der Waals surface area contributed by atoms with Crippen LogP contribution in [0.1, 0.15) is 24.7 Å². The van der Waals surface area contributed by atoms with Crippen molar-refractivity contribution in [2.24, 2.45) is 0 Å². The van der Waals surface area contributed by atoms with E-state index in [0.29, 0.717) is 42.8 Å². The number of halogens is 2. The number of para-hydroxylation sites is 1. The Morgan fingerprint density at radius 3 is 2.58 bits per heavy atom. The second-order valence-corrected chi connectivity index (χ2v) is 9.36. The summed E-state index contributed by atoms with van der Waals surface area (Å²) in [5, 5.41) is 4.09. The molecule has 2 aromatic carbocycles. The van der Waals surface area contributed by atoms with Gasteiger partial charge < -0.3 is 18.9 Å². The van der Waals surface area contributed by atoms with Crippen LogP contribution < -0.4 is 20.7 Å². The zero-order chi connectivity index (χ0) is 28.2. The molecule has 1 aliphatic heterocycles. The summed E-state index contributed by atoms with van der Waals surface area (Å²) >= 11 is 0. The number of fused-ring (bicyclic) bond motifs is 1. The van der Waals surface area contributed by atoms with Gasteiger partial charge >= 0.3 is 5.69 Å². The largest absolute Gasteiger partial charge is 0.496 e. The molecule has 0 N–H and O–H groups in total. The van der Waals surface area contributed by atoms with Crippen LogP contribution in [0.3, 0.4) is 0 Å². The molecule has 0 spiro atoms. The molecule has 0 aliphatic carbocycles. The Hall–Kier alpha value is -4.55. The number of hydrogen-bond acceptors (Lipinski definition) is 8. The number of alkyl halides is 2. The number of hydrogen-bond donors (Lipinski definition) is 0. The van der Waals surface area contributed by atoms with Gasteiger partial charge in [-0.2, -0.15) is 4.98 Å². The van der Waals surface area contributed by atoms with E-state index in [-0.39, 0.29) is 35.4 Å². The molecule has 13 heteroatoms. The van der Waals surface area contributed by atoms with Crippen LogP contribution in [0, 0.1) is 0 Å². The fourth-order valence-electron chi connectivity index (χ4n) is 4.86. The van der Waals surface area contributed by atoms with Crippen molar-refractivity contribution in [1.82, 2.24) is 24.2 Å². The van der Waals surface area contributed by atoms with Gasteiger partial charge in [-0.3, -0.25) is 18.7 Å². The van der Waals surface area contributed by atoms with Gasteiger partial charge in [0, 0.05) is 19.1 Å². The van der Waals surface area contributed by atoms with Crippen LogP contribution >= 0.6 is 0 Å². The van der Waals surface area contributed by atoms with E-state index in [0.717, 1.165) is 11.0 Å². The predicted molar refractivity (Wildman–Crippen MR) is 140 cm³/mol. The van der Waals surface area contributed by atoms with Crippen LogP contribution in [0.2, 0.25) is 0 Å². The maximum absolute atomic E-state index is 13.8. The molecule has 0 saturated carbocycles. The Morgan fingerprint density at radius 1 is 1.12 bits per heavy atom. The highest BCUT2D eigenvalue weighted by molar-refractivity contribution is 5.80. The smallest absolute Gasteiger partial charge is 0.332 e. The predicted octanol–water partition coefficient (Wildman–Crippen LogP) is 2.75. The Kier molecular flexibility index (Phi) is 7.89. The molecule has 11 nitrogen and oxygen atoms in total. The summed E-state index contributed by atoms with van der Waals surface area (Å²) in [6.07, 6.45) is 0.446. The van der Waals surface area contributed by atoms with Gasteiger partial charge in [-0.1, -0.05) is 17.3 Å². The average molecular weight is 556 g/mol. The topological polar surface area (TPSA) is 122 Å². The van der Waals surface area contributed by atoms with Crippen LogP contribution in [0.15, 0.2) is 56.6 Å². The summed E-state index contributed by atoms with van der Waals surface area (Å²) in [4.78, 5) is 44.6. The van der Waals surface area contributed by atoms with E-state index in [9.17, 15) is 23.2 Å². The van der Waals surface area contributed by atoms with E-state index < -0.39 is 30.7 Å². The molecule has 4 aromatic rings. The van der Waals surface area contributed by atoms with Crippen molar-refractivity contribution in [3.63, 3.8) is 0 Å². The van der Waals surface area contributed by atoms with Gasteiger partial charge in [0.1, 0.15) is 24.8 Å². The van der Waals surface area contributed by atoms with E-state index in [1.54, 1.807) is 29.2 Å². The molecule has 0 bridgehead atoms. The third kappa shape index (κ3) is 5.18. The normalized spacial score (nSPS) is 14.2. The highest BCUT2D eigenvalue weighted by atomic mass is 19.1. The first-order chi connectivity index (χ1) is 19.5. The molecule has 0 unspecified atom stereocenters. The number of ether oxygens (including phenoxy) is 2. The molecule has 1 amide bonds. The maximum Gasteiger partial charge on any atom is 0.332 e. The molecule has 0 atom stereocenters. The summed E-state index contributed by atoms with van der Waals surface area (Å²) < 4.78 is 44.8. The lowest BCUT2D eigenvalue weighted by molar-refractivity contribution is -0.119. The Morgan fingerprint density at radius 2 is 1.88 bits per heavy atom. The summed E-state index contributed by atoms with van der Waals surface area (Å²) in [5.41, 5.74) is -0.327. The van der Waals surface area contributed by atoms with Crippen LogP contribution in [0.5, 0.6) is 11.5 Å². The fraction of sp³-hybridized carbons (Fsp3) is 0.370. The van der Waals surface area contributed by atoms with Gasteiger partial charge in [0.2, 0.25) is 6.41 Å². The minimum absolute atomic E-state index is 0.0871. The van der Waals surface area contributed by atoms with E-state index in [1.165, 1.54) is 29.9 Å². The molecular weight excluding hydrogens is 528 g/mol. The van der Waals surface area contributed by atoms with Crippen molar-refractivity contribution in [3.8, 4) is 23.0 Å². The first-order valence-electron chi connectivity index (χ1n) is 12.7. The number of rotatable bonds is 10. The third-order valence-corrected chi connectivity index (χ3v) is 6.91. The Balaban J connectivity index is 1.59. The molecular formula is C27H27F2N5O6. The number of carbonyl (C=O) groups is 1. The van der Waals surface area contributed by atoms with E-state index >= 15 is 0 Å². The first-order valence-corrected chi connectivity index (χ1v) is 12.7. The second-order valence-electron chi connectivity index (χ2n) is 9.36. The lowest BCUT2D eigenvalue weighted by Crippen LogP contribution is -2.44. The Labute approximate surface area is 226 Å². The number of likely N-dealkylation sites (tertiary alicyclic amines) is 1. The number of aromatic nitrogens is 4. The molecule has 210 valence electrons. The fourth-order valence-corrected chi connectivity index (χ4v) is 4.86. The highest BCUT2D eigenvalue weighted by Crippen LogP contribution is 2.29. The van der Waals surface area contributed by atoms with Gasteiger partial charge in [0.15, 0.2) is 11.9 Å². The van der Waals surface area contributed by atoms with Crippen molar-refractivity contribution in [2.75, 3.05) is 33.5 Å². The third-order valence-electron chi connectivity index (χ3n) is 6.91. The van der Waals surface area contributed by atoms with Crippen molar-refractivity contribution in [2.45, 2.75) is 31.5 Å². The Bertz CT molecular complexity index is 1620. The lowest BCUT2D eigenvalue weighted by atomic mass is 10.0. The van der Waals surface area contributed by atoms with Crippen molar-refractivity contribution in [3.05, 3.63) is 69.1 Å². The summed E-state index contributed by atoms with van der Waals surface area (Å²) in [6.45, 7) is -1.48.